The number of halogens is 1. The maximum Gasteiger partial charge on any atom is 0.121 e. The highest BCUT2D eigenvalue weighted by molar-refractivity contribution is 6.31. The number of H-pyrrole nitrogens is 1. The molecule has 0 fully saturated rings. The van der Waals surface area contributed by atoms with Gasteiger partial charge in [-0.2, -0.15) is 5.10 Å². The zero-order valence-corrected chi connectivity index (χ0v) is 5.81. The fourth-order valence-electron chi connectivity index (χ4n) is 0.855. The summed E-state index contributed by atoms with van der Waals surface area (Å²) < 4.78 is 0. The Bertz CT molecular complexity index is 353. The fourth-order valence-corrected chi connectivity index (χ4v) is 1.03. The number of aromatic nitrogens is 2. The summed E-state index contributed by atoms with van der Waals surface area (Å²) in [7, 11) is 0. The van der Waals surface area contributed by atoms with Crippen LogP contribution in [0.3, 0.4) is 0 Å². The molecule has 0 bridgehead atoms. The van der Waals surface area contributed by atoms with Crippen LogP contribution in [0.2, 0.25) is 5.02 Å². The molecule has 0 aliphatic carbocycles. The third-order valence-electron chi connectivity index (χ3n) is 1.33. The molecule has 3 heteroatoms. The van der Waals surface area contributed by atoms with Crippen molar-refractivity contribution in [2.75, 3.05) is 0 Å². The van der Waals surface area contributed by atoms with E-state index in [-0.39, 0.29) is 0 Å². The summed E-state index contributed by atoms with van der Waals surface area (Å²) in [5, 5.41) is 8.15. The molecule has 0 unspecified atom stereocenters. The van der Waals surface area contributed by atoms with Crippen LogP contribution in [0.15, 0.2) is 18.2 Å². The molecule has 0 saturated heterocycles. The van der Waals surface area contributed by atoms with Crippen molar-refractivity contribution in [2.45, 2.75) is 0 Å². The number of aromatic amines is 1. The molecule has 10 heavy (non-hydrogen) atoms. The molecule has 1 aromatic carbocycles. The molecular formula is C7H4ClN2. The van der Waals surface area contributed by atoms with Gasteiger partial charge < -0.3 is 0 Å². The van der Waals surface area contributed by atoms with E-state index in [0.717, 1.165) is 10.9 Å². The number of nitrogens with zero attached hydrogens (tertiary/aromatic N) is 1. The van der Waals surface area contributed by atoms with E-state index in [1.165, 1.54) is 0 Å². The molecule has 0 aliphatic rings. The van der Waals surface area contributed by atoms with Crippen LogP contribution in [0.5, 0.6) is 0 Å². The van der Waals surface area contributed by atoms with Gasteiger partial charge in [0.2, 0.25) is 0 Å². The summed E-state index contributed by atoms with van der Waals surface area (Å²) in [6.07, 6.45) is 2.77. The van der Waals surface area contributed by atoms with E-state index < -0.39 is 0 Å². The molecule has 0 atom stereocenters. The number of nitrogens with one attached hydrogen (secondary N) is 1. The van der Waals surface area contributed by atoms with Gasteiger partial charge in [-0.05, 0) is 18.2 Å². The average molecular weight is 152 g/mol. The van der Waals surface area contributed by atoms with Gasteiger partial charge in [-0.25, -0.2) is 0 Å². The van der Waals surface area contributed by atoms with Gasteiger partial charge in [0.15, 0.2) is 0 Å². The predicted octanol–water partition coefficient (Wildman–Crippen LogP) is 2.02. The van der Waals surface area contributed by atoms with Crippen LogP contribution >= 0.6 is 11.6 Å². The molecule has 1 aromatic heterocycles. The van der Waals surface area contributed by atoms with E-state index in [4.69, 9.17) is 11.6 Å². The summed E-state index contributed by atoms with van der Waals surface area (Å²) in [5.74, 6) is 0. The van der Waals surface area contributed by atoms with Crippen molar-refractivity contribution in [3.8, 4) is 0 Å². The van der Waals surface area contributed by atoms with Crippen molar-refractivity contribution >= 4 is 22.5 Å². The molecule has 0 aliphatic heterocycles. The van der Waals surface area contributed by atoms with Gasteiger partial charge in [-0.15, -0.1) is 0 Å². The molecule has 2 aromatic rings. The number of benzene rings is 1. The monoisotopic (exact) mass is 151 g/mol. The standard InChI is InChI=1S/C7H4ClN2/c8-6-1-2-7-5(3-6)4-9-10-7/h1-3H,(H,9,10). The highest BCUT2D eigenvalue weighted by Crippen LogP contribution is 2.15. The van der Waals surface area contributed by atoms with Crippen LogP contribution in [0, 0.1) is 6.20 Å². The topological polar surface area (TPSA) is 28.7 Å². The van der Waals surface area contributed by atoms with Crippen LogP contribution in [0.1, 0.15) is 0 Å². The summed E-state index contributed by atoms with van der Waals surface area (Å²) >= 11 is 5.71. The lowest BCUT2D eigenvalue weighted by atomic mass is 10.3. The SMILES string of the molecule is Clc1ccc2[nH]n[c]c2c1. The lowest BCUT2D eigenvalue weighted by Crippen LogP contribution is -1.66. The maximum absolute atomic E-state index is 5.71. The molecule has 0 spiro atoms. The van der Waals surface area contributed by atoms with Gasteiger partial charge in [-0.3, -0.25) is 5.10 Å². The average Bonchev–Trinajstić information content (AvgIpc) is 2.33. The maximum atomic E-state index is 5.71. The second-order valence-electron chi connectivity index (χ2n) is 2.03. The Morgan fingerprint density at radius 3 is 3.30 bits per heavy atom. The fraction of sp³-hybridized carbons (Fsp3) is 0. The Morgan fingerprint density at radius 1 is 1.50 bits per heavy atom. The van der Waals surface area contributed by atoms with Gasteiger partial charge in [0.05, 0.1) is 5.52 Å². The van der Waals surface area contributed by atoms with E-state index in [1.807, 2.05) is 18.2 Å². The number of hydrogen-bond acceptors (Lipinski definition) is 1. The van der Waals surface area contributed by atoms with Crippen molar-refractivity contribution in [1.29, 1.82) is 0 Å². The minimum absolute atomic E-state index is 0.713. The highest BCUT2D eigenvalue weighted by Gasteiger charge is 1.94. The molecule has 1 heterocycles. The van der Waals surface area contributed by atoms with E-state index in [1.54, 1.807) is 0 Å². The number of hydrogen-bond donors (Lipinski definition) is 1. The second kappa shape index (κ2) is 1.99. The van der Waals surface area contributed by atoms with Crippen LogP contribution in [-0.4, -0.2) is 10.2 Å². The largest absolute Gasteiger partial charge is 0.277 e. The van der Waals surface area contributed by atoms with Gasteiger partial charge in [0, 0.05) is 10.4 Å². The van der Waals surface area contributed by atoms with E-state index in [0.29, 0.717) is 5.02 Å². The zero-order chi connectivity index (χ0) is 6.97. The Morgan fingerprint density at radius 2 is 2.40 bits per heavy atom. The van der Waals surface area contributed by atoms with Crippen LogP contribution in [0.4, 0.5) is 0 Å². The Hall–Kier alpha value is -1.02. The van der Waals surface area contributed by atoms with Crippen molar-refractivity contribution in [2.24, 2.45) is 0 Å². The second-order valence-corrected chi connectivity index (χ2v) is 2.46. The molecule has 1 radical (unpaired) electrons. The molecule has 0 amide bonds. The van der Waals surface area contributed by atoms with Crippen LogP contribution < -0.4 is 0 Å². The molecule has 0 saturated carbocycles. The quantitative estimate of drug-likeness (QED) is 0.613. The van der Waals surface area contributed by atoms with Crippen LogP contribution in [-0.2, 0) is 0 Å². The molecule has 1 N–H and O–H groups in total. The van der Waals surface area contributed by atoms with Crippen molar-refractivity contribution < 1.29 is 0 Å². The Labute approximate surface area is 62.8 Å². The van der Waals surface area contributed by atoms with E-state index >= 15 is 0 Å². The highest BCUT2D eigenvalue weighted by atomic mass is 35.5. The van der Waals surface area contributed by atoms with E-state index in [2.05, 4.69) is 16.4 Å². The van der Waals surface area contributed by atoms with Gasteiger partial charge >= 0.3 is 0 Å². The first kappa shape index (κ1) is 5.74. The lowest BCUT2D eigenvalue weighted by Gasteiger charge is -1.86. The van der Waals surface area contributed by atoms with Gasteiger partial charge in [0.1, 0.15) is 6.20 Å². The summed E-state index contributed by atoms with van der Waals surface area (Å²) in [5.41, 5.74) is 0.962. The van der Waals surface area contributed by atoms with Crippen molar-refractivity contribution in [3.05, 3.63) is 29.4 Å². The number of rotatable bonds is 0. The molecular weight excluding hydrogens is 148 g/mol. The molecule has 2 nitrogen and oxygen atoms in total. The summed E-state index contributed by atoms with van der Waals surface area (Å²) in [4.78, 5) is 0. The molecule has 49 valence electrons. The van der Waals surface area contributed by atoms with Crippen molar-refractivity contribution in [3.63, 3.8) is 0 Å². The first-order valence-corrected chi connectivity index (χ1v) is 3.25. The minimum Gasteiger partial charge on any atom is -0.277 e. The van der Waals surface area contributed by atoms with Crippen LogP contribution in [0.25, 0.3) is 10.9 Å². The Balaban J connectivity index is 2.86. The van der Waals surface area contributed by atoms with Crippen molar-refractivity contribution in [1.82, 2.24) is 10.2 Å². The lowest BCUT2D eigenvalue weighted by molar-refractivity contribution is 1.11. The normalized spacial score (nSPS) is 10.5. The zero-order valence-electron chi connectivity index (χ0n) is 5.06. The smallest absolute Gasteiger partial charge is 0.121 e. The summed E-state index contributed by atoms with van der Waals surface area (Å²) in [6.45, 7) is 0. The third kappa shape index (κ3) is 0.772. The van der Waals surface area contributed by atoms with Gasteiger partial charge in [-0.1, -0.05) is 11.6 Å². The minimum atomic E-state index is 0.713. The first-order chi connectivity index (χ1) is 4.86. The molecule has 2 rings (SSSR count). The first-order valence-electron chi connectivity index (χ1n) is 2.87. The Kier molecular flexibility index (Phi) is 1.14. The number of fused-ring (bicyclic) bond motifs is 1. The van der Waals surface area contributed by atoms with Gasteiger partial charge in [0.25, 0.3) is 0 Å². The summed E-state index contributed by atoms with van der Waals surface area (Å²) in [6, 6.07) is 5.51. The van der Waals surface area contributed by atoms with E-state index in [9.17, 15) is 0 Å². The predicted molar refractivity (Wildman–Crippen MR) is 39.9 cm³/mol. The third-order valence-corrected chi connectivity index (χ3v) is 1.57.